The lowest BCUT2D eigenvalue weighted by Crippen LogP contribution is -2.64. The first-order valence-corrected chi connectivity index (χ1v) is 8.94. The average Bonchev–Trinajstić information content (AvgIpc) is 3.13. The first-order chi connectivity index (χ1) is 11.9. The summed E-state index contributed by atoms with van der Waals surface area (Å²) in [5, 5.41) is 0. The summed E-state index contributed by atoms with van der Waals surface area (Å²) in [6, 6.07) is 3.66. The van der Waals surface area contributed by atoms with E-state index >= 15 is 0 Å². The maximum absolute atomic E-state index is 12.5. The Morgan fingerprint density at radius 2 is 2.12 bits per heavy atom. The number of nitrogens with one attached hydrogen (secondary N) is 1. The van der Waals surface area contributed by atoms with Crippen molar-refractivity contribution >= 4 is 11.8 Å². The van der Waals surface area contributed by atoms with Gasteiger partial charge >= 0.3 is 0 Å². The van der Waals surface area contributed by atoms with Crippen LogP contribution in [-0.4, -0.2) is 90.0 Å². The Morgan fingerprint density at radius 1 is 1.40 bits per heavy atom. The van der Waals surface area contributed by atoms with Crippen molar-refractivity contribution in [1.29, 1.82) is 0 Å². The molecule has 1 N–H and O–H groups in total. The van der Waals surface area contributed by atoms with E-state index in [1.807, 2.05) is 30.0 Å². The number of hydrogen-bond donors (Lipinski definition) is 1. The number of likely N-dealkylation sites (N-methyl/N-ethyl adjacent to an activating group) is 1. The topological polar surface area (TPSA) is 68.9 Å². The number of morpholine rings is 1. The van der Waals surface area contributed by atoms with E-state index in [1.165, 1.54) is 0 Å². The molecule has 0 unspecified atom stereocenters. The van der Waals surface area contributed by atoms with E-state index in [0.29, 0.717) is 25.3 Å². The molecule has 3 rings (SSSR count). The molecule has 2 aliphatic heterocycles. The lowest BCUT2D eigenvalue weighted by atomic mass is 9.82. The summed E-state index contributed by atoms with van der Waals surface area (Å²) < 4.78 is 6.04. The molecule has 7 heteroatoms. The number of amides is 2. The fourth-order valence-corrected chi connectivity index (χ4v) is 3.82. The standard InChI is InChI=1S/C18H28N4O3/c1-14-18(25-13-16(23)22(14)12-11-20(2)3)6-9-21(10-7-18)17(24)15-5-4-8-19-15/h4-5,8,14,19H,6-7,9-13H2,1-3H3/t14-/m0/s1. The van der Waals surface area contributed by atoms with Crippen LogP contribution in [0.25, 0.3) is 0 Å². The highest BCUT2D eigenvalue weighted by Crippen LogP contribution is 2.35. The summed E-state index contributed by atoms with van der Waals surface area (Å²) in [4.78, 5) is 33.7. The predicted octanol–water partition coefficient (Wildman–Crippen LogP) is 0.798. The van der Waals surface area contributed by atoms with Gasteiger partial charge in [-0.3, -0.25) is 9.59 Å². The van der Waals surface area contributed by atoms with Crippen molar-refractivity contribution in [2.45, 2.75) is 31.4 Å². The number of H-pyrrole nitrogens is 1. The number of likely N-dealkylation sites (tertiary alicyclic amines) is 1. The van der Waals surface area contributed by atoms with Crippen LogP contribution in [0.4, 0.5) is 0 Å². The number of rotatable bonds is 4. The molecule has 0 aliphatic carbocycles. The molecule has 2 aliphatic rings. The number of ether oxygens (including phenoxy) is 1. The molecule has 1 atom stereocenters. The molecule has 0 radical (unpaired) electrons. The van der Waals surface area contributed by atoms with Crippen molar-refractivity contribution in [3.63, 3.8) is 0 Å². The summed E-state index contributed by atoms with van der Waals surface area (Å²) in [6.07, 6.45) is 3.28. The van der Waals surface area contributed by atoms with Crippen LogP contribution in [0.15, 0.2) is 18.3 Å². The van der Waals surface area contributed by atoms with Gasteiger partial charge in [0.25, 0.3) is 5.91 Å². The molecule has 2 fully saturated rings. The van der Waals surface area contributed by atoms with Crippen LogP contribution < -0.4 is 0 Å². The van der Waals surface area contributed by atoms with Crippen molar-refractivity contribution in [1.82, 2.24) is 19.7 Å². The van der Waals surface area contributed by atoms with Crippen molar-refractivity contribution in [3.8, 4) is 0 Å². The van der Waals surface area contributed by atoms with E-state index < -0.39 is 0 Å². The quantitative estimate of drug-likeness (QED) is 0.874. The van der Waals surface area contributed by atoms with Gasteiger partial charge < -0.3 is 24.4 Å². The van der Waals surface area contributed by atoms with Gasteiger partial charge in [0.15, 0.2) is 0 Å². The van der Waals surface area contributed by atoms with E-state index in [0.717, 1.165) is 19.4 Å². The third-order valence-electron chi connectivity index (χ3n) is 5.55. The fourth-order valence-electron chi connectivity index (χ4n) is 3.82. The molecule has 138 valence electrons. The number of carbonyl (C=O) groups is 2. The highest BCUT2D eigenvalue weighted by Gasteiger charge is 2.48. The Balaban J connectivity index is 1.65. The number of piperidine rings is 1. The predicted molar refractivity (Wildman–Crippen MR) is 94.3 cm³/mol. The Bertz CT molecular complexity index is 606. The van der Waals surface area contributed by atoms with Crippen LogP contribution in [0, 0.1) is 0 Å². The molecule has 1 spiro atoms. The molecule has 1 aromatic heterocycles. The van der Waals surface area contributed by atoms with Gasteiger partial charge in [-0.15, -0.1) is 0 Å². The lowest BCUT2D eigenvalue weighted by molar-refractivity contribution is -0.185. The highest BCUT2D eigenvalue weighted by molar-refractivity contribution is 5.92. The summed E-state index contributed by atoms with van der Waals surface area (Å²) in [6.45, 7) is 5.07. The van der Waals surface area contributed by atoms with E-state index in [1.54, 1.807) is 12.3 Å². The fraction of sp³-hybridized carbons (Fsp3) is 0.667. The second-order valence-corrected chi connectivity index (χ2v) is 7.30. The minimum absolute atomic E-state index is 0.0245. The zero-order valence-electron chi connectivity index (χ0n) is 15.3. The van der Waals surface area contributed by atoms with Crippen LogP contribution in [0.1, 0.15) is 30.3 Å². The summed E-state index contributed by atoms with van der Waals surface area (Å²) >= 11 is 0. The average molecular weight is 348 g/mol. The van der Waals surface area contributed by atoms with Crippen molar-refractivity contribution in [2.24, 2.45) is 0 Å². The van der Waals surface area contributed by atoms with E-state index in [4.69, 9.17) is 4.74 Å². The van der Waals surface area contributed by atoms with Crippen molar-refractivity contribution < 1.29 is 14.3 Å². The highest BCUT2D eigenvalue weighted by atomic mass is 16.5. The number of aromatic amines is 1. The van der Waals surface area contributed by atoms with E-state index in [2.05, 4.69) is 16.8 Å². The second-order valence-electron chi connectivity index (χ2n) is 7.30. The third kappa shape index (κ3) is 3.57. The van der Waals surface area contributed by atoms with Crippen LogP contribution >= 0.6 is 0 Å². The van der Waals surface area contributed by atoms with Gasteiger partial charge in [0.2, 0.25) is 5.91 Å². The van der Waals surface area contributed by atoms with Crippen molar-refractivity contribution in [2.75, 3.05) is 46.9 Å². The molecular formula is C18H28N4O3. The first kappa shape index (κ1) is 17.9. The number of hydrogen-bond acceptors (Lipinski definition) is 4. The summed E-state index contributed by atoms with van der Waals surface area (Å²) in [7, 11) is 4.02. The van der Waals surface area contributed by atoms with Gasteiger partial charge in [-0.25, -0.2) is 0 Å². The normalized spacial score (nSPS) is 23.5. The van der Waals surface area contributed by atoms with Gasteiger partial charge in [0.05, 0.1) is 11.6 Å². The molecular weight excluding hydrogens is 320 g/mol. The van der Waals surface area contributed by atoms with Crippen LogP contribution in [0.2, 0.25) is 0 Å². The van der Waals surface area contributed by atoms with Gasteiger partial charge in [0, 0.05) is 32.4 Å². The SMILES string of the molecule is C[C@@H]1N(CCN(C)C)C(=O)COC12CCN(C(=O)c1ccc[nH]1)CC2. The smallest absolute Gasteiger partial charge is 0.270 e. The maximum atomic E-state index is 12.5. The van der Waals surface area contributed by atoms with Gasteiger partial charge in [-0.05, 0) is 46.0 Å². The molecule has 0 saturated carbocycles. The maximum Gasteiger partial charge on any atom is 0.270 e. The second kappa shape index (κ2) is 7.17. The van der Waals surface area contributed by atoms with Crippen LogP contribution in [0.3, 0.4) is 0 Å². The molecule has 25 heavy (non-hydrogen) atoms. The third-order valence-corrected chi connectivity index (χ3v) is 5.55. The Labute approximate surface area is 148 Å². The van der Waals surface area contributed by atoms with Gasteiger partial charge in [-0.2, -0.15) is 0 Å². The lowest BCUT2D eigenvalue weighted by Gasteiger charge is -2.51. The van der Waals surface area contributed by atoms with Gasteiger partial charge in [0.1, 0.15) is 12.3 Å². The monoisotopic (exact) mass is 348 g/mol. The minimum Gasteiger partial charge on any atom is -0.363 e. The Kier molecular flexibility index (Phi) is 5.15. The van der Waals surface area contributed by atoms with E-state index in [-0.39, 0.29) is 30.1 Å². The summed E-state index contributed by atoms with van der Waals surface area (Å²) in [5.74, 6) is 0.0914. The Hall–Kier alpha value is -1.86. The largest absolute Gasteiger partial charge is 0.363 e. The molecule has 1 aromatic rings. The van der Waals surface area contributed by atoms with Crippen LogP contribution in [0.5, 0.6) is 0 Å². The first-order valence-electron chi connectivity index (χ1n) is 8.94. The molecule has 2 saturated heterocycles. The van der Waals surface area contributed by atoms with E-state index in [9.17, 15) is 9.59 Å². The van der Waals surface area contributed by atoms with Gasteiger partial charge in [-0.1, -0.05) is 0 Å². The number of aromatic nitrogens is 1. The number of carbonyl (C=O) groups excluding carboxylic acids is 2. The molecule has 7 nitrogen and oxygen atoms in total. The van der Waals surface area contributed by atoms with Crippen LogP contribution in [-0.2, 0) is 9.53 Å². The Morgan fingerprint density at radius 3 is 2.72 bits per heavy atom. The minimum atomic E-state index is -0.341. The molecule has 0 aromatic carbocycles. The molecule has 3 heterocycles. The van der Waals surface area contributed by atoms with Crippen molar-refractivity contribution in [3.05, 3.63) is 24.0 Å². The number of nitrogens with zero attached hydrogens (tertiary/aromatic N) is 3. The zero-order chi connectivity index (χ0) is 18.0. The summed E-state index contributed by atoms with van der Waals surface area (Å²) in [5.41, 5.74) is 0.281. The zero-order valence-corrected chi connectivity index (χ0v) is 15.3. The molecule has 0 bridgehead atoms. The molecule has 2 amide bonds.